The van der Waals surface area contributed by atoms with Gasteiger partial charge in [0, 0.05) is 35.7 Å². The lowest BCUT2D eigenvalue weighted by molar-refractivity contribution is 0.212. The maximum atomic E-state index is 11.2. The van der Waals surface area contributed by atoms with Crippen LogP contribution in [0.3, 0.4) is 0 Å². The van der Waals surface area contributed by atoms with E-state index >= 15 is 0 Å². The zero-order valence-electron chi connectivity index (χ0n) is 8.92. The second-order valence-electron chi connectivity index (χ2n) is 3.85. The molecule has 1 aliphatic rings. The highest BCUT2D eigenvalue weighted by molar-refractivity contribution is 14.1. The van der Waals surface area contributed by atoms with Crippen LogP contribution in [-0.4, -0.2) is 21.9 Å². The molecule has 1 amide bonds. The van der Waals surface area contributed by atoms with E-state index in [-0.39, 0.29) is 3.91 Å². The maximum Gasteiger partial charge on any atom is 0.283 e. The second-order valence-corrected chi connectivity index (χ2v) is 4.77. The van der Waals surface area contributed by atoms with Gasteiger partial charge in [0.1, 0.15) is 0 Å². The number of rotatable bonds is 2. The van der Waals surface area contributed by atoms with Crippen molar-refractivity contribution in [1.29, 1.82) is 0 Å². The molecule has 14 heavy (non-hydrogen) atoms. The number of amides is 1. The summed E-state index contributed by atoms with van der Waals surface area (Å²) in [5, 5.41) is 0. The highest BCUT2D eigenvalue weighted by atomic mass is 127. The number of hydrogen-bond donors (Lipinski definition) is 0. The molecule has 0 heterocycles. The first kappa shape index (κ1) is 12.0. The van der Waals surface area contributed by atoms with E-state index in [1.807, 2.05) is 34.5 Å². The Balaban J connectivity index is 2.50. The lowest BCUT2D eigenvalue weighted by Crippen LogP contribution is -2.32. The van der Waals surface area contributed by atoms with Crippen molar-refractivity contribution in [3.8, 4) is 0 Å². The molecule has 0 N–H and O–H groups in total. The van der Waals surface area contributed by atoms with Gasteiger partial charge in [-0.2, -0.15) is 0 Å². The maximum absolute atomic E-state index is 11.2. The molecule has 1 unspecified atom stereocenters. The van der Waals surface area contributed by atoms with Gasteiger partial charge in [-0.05, 0) is 32.1 Å². The molecule has 1 aliphatic carbocycles. The molecule has 0 aliphatic heterocycles. The van der Waals surface area contributed by atoms with Gasteiger partial charge in [0.25, 0.3) is 3.91 Å². The summed E-state index contributed by atoms with van der Waals surface area (Å²) in [6.45, 7) is 2.21. The molecule has 0 fully saturated rings. The van der Waals surface area contributed by atoms with Crippen molar-refractivity contribution in [2.75, 3.05) is 7.05 Å². The Morgan fingerprint density at radius 2 is 2.36 bits per heavy atom. The second kappa shape index (κ2) is 5.73. The Morgan fingerprint density at radius 1 is 1.64 bits per heavy atom. The summed E-state index contributed by atoms with van der Waals surface area (Å²) in [7, 11) is 1.91. The van der Waals surface area contributed by atoms with Gasteiger partial charge in [0.05, 0.1) is 0 Å². The summed E-state index contributed by atoms with van der Waals surface area (Å²) in [6.07, 6.45) is 8.05. The Labute approximate surface area is 99.9 Å². The predicted octanol–water partition coefficient (Wildman–Crippen LogP) is 3.75. The zero-order valence-corrected chi connectivity index (χ0v) is 11.1. The predicted molar refractivity (Wildman–Crippen MR) is 67.8 cm³/mol. The van der Waals surface area contributed by atoms with Gasteiger partial charge in [-0.3, -0.25) is 4.79 Å². The summed E-state index contributed by atoms with van der Waals surface area (Å²) in [4.78, 5) is 13.1. The van der Waals surface area contributed by atoms with Crippen molar-refractivity contribution < 1.29 is 4.79 Å². The molecule has 1 rings (SSSR count). The van der Waals surface area contributed by atoms with Gasteiger partial charge in [0.2, 0.25) is 0 Å². The van der Waals surface area contributed by atoms with Crippen molar-refractivity contribution in [1.82, 2.24) is 4.90 Å². The van der Waals surface area contributed by atoms with Crippen LogP contribution < -0.4 is 0 Å². The van der Waals surface area contributed by atoms with E-state index in [1.165, 1.54) is 0 Å². The topological polar surface area (TPSA) is 20.3 Å². The average Bonchev–Trinajstić information content (AvgIpc) is 2.41. The van der Waals surface area contributed by atoms with Gasteiger partial charge in [-0.25, -0.2) is 0 Å². The van der Waals surface area contributed by atoms with Gasteiger partial charge in [0.15, 0.2) is 0 Å². The monoisotopic (exact) mass is 307 g/mol. The van der Waals surface area contributed by atoms with E-state index in [0.717, 1.165) is 32.1 Å². The van der Waals surface area contributed by atoms with Gasteiger partial charge < -0.3 is 4.90 Å². The van der Waals surface area contributed by atoms with E-state index in [9.17, 15) is 4.79 Å². The molecule has 0 aromatic heterocycles. The number of hydrogen-bond acceptors (Lipinski definition) is 1. The van der Waals surface area contributed by atoms with Crippen LogP contribution in [0.1, 0.15) is 39.0 Å². The molecule has 0 radical (unpaired) electrons. The molecule has 3 heteroatoms. The van der Waals surface area contributed by atoms with Crippen LogP contribution in [-0.2, 0) is 0 Å². The molecule has 0 bridgehead atoms. The largest absolute Gasteiger partial charge is 0.334 e. The number of nitrogens with zero attached hydrogens (tertiary/aromatic N) is 1. The number of allylic oxidation sites excluding steroid dienone is 2. The standard InChI is InChI=1S/C11H18INO/c1-3-9-5-4-6-10(8-7-9)13(2)11(12)14/h5,10H,3-4,6-8H2,1-2H3. The number of halogens is 1. The summed E-state index contributed by atoms with van der Waals surface area (Å²) >= 11 is 1.87. The van der Waals surface area contributed by atoms with Crippen LogP contribution in [0.2, 0.25) is 0 Å². The molecule has 0 aromatic carbocycles. The van der Waals surface area contributed by atoms with Crippen molar-refractivity contribution in [3.63, 3.8) is 0 Å². The normalized spacial score (nSPS) is 22.5. The Kier molecular flexibility index (Phi) is 4.92. The van der Waals surface area contributed by atoms with Crippen molar-refractivity contribution in [2.24, 2.45) is 0 Å². The zero-order chi connectivity index (χ0) is 10.6. The van der Waals surface area contributed by atoms with Crippen LogP contribution >= 0.6 is 22.6 Å². The molecule has 0 spiro atoms. The fourth-order valence-corrected chi connectivity index (χ4v) is 2.32. The molecular weight excluding hydrogens is 289 g/mol. The Hall–Kier alpha value is -0.0600. The smallest absolute Gasteiger partial charge is 0.283 e. The van der Waals surface area contributed by atoms with Gasteiger partial charge in [-0.1, -0.05) is 18.6 Å². The van der Waals surface area contributed by atoms with Crippen molar-refractivity contribution in [3.05, 3.63) is 11.6 Å². The first-order valence-electron chi connectivity index (χ1n) is 5.25. The first-order valence-corrected chi connectivity index (χ1v) is 6.33. The molecule has 0 aromatic rings. The highest BCUT2D eigenvalue weighted by Crippen LogP contribution is 2.23. The minimum atomic E-state index is 0.160. The minimum Gasteiger partial charge on any atom is -0.334 e. The lowest BCUT2D eigenvalue weighted by atomic mass is 10.1. The highest BCUT2D eigenvalue weighted by Gasteiger charge is 2.19. The third-order valence-electron chi connectivity index (χ3n) is 3.01. The van der Waals surface area contributed by atoms with Crippen LogP contribution in [0.15, 0.2) is 11.6 Å². The van der Waals surface area contributed by atoms with E-state index in [2.05, 4.69) is 13.0 Å². The number of carbonyl (C=O) groups excluding carboxylic acids is 1. The molecule has 0 saturated heterocycles. The molecule has 1 atom stereocenters. The van der Waals surface area contributed by atoms with Crippen molar-refractivity contribution >= 4 is 26.5 Å². The fraction of sp³-hybridized carbons (Fsp3) is 0.727. The third-order valence-corrected chi connectivity index (χ3v) is 3.77. The summed E-state index contributed by atoms with van der Waals surface area (Å²) in [6, 6.07) is 0.444. The fourth-order valence-electron chi connectivity index (χ4n) is 1.93. The summed E-state index contributed by atoms with van der Waals surface area (Å²) in [5.74, 6) is 0. The molecule has 0 saturated carbocycles. The number of carbonyl (C=O) groups is 1. The van der Waals surface area contributed by atoms with Gasteiger partial charge in [-0.15, -0.1) is 0 Å². The van der Waals surface area contributed by atoms with Crippen LogP contribution in [0.5, 0.6) is 0 Å². The third kappa shape index (κ3) is 3.26. The molecule has 2 nitrogen and oxygen atoms in total. The quantitative estimate of drug-likeness (QED) is 0.329. The van der Waals surface area contributed by atoms with Crippen molar-refractivity contribution in [2.45, 2.75) is 45.1 Å². The van der Waals surface area contributed by atoms with Gasteiger partial charge >= 0.3 is 0 Å². The van der Waals surface area contributed by atoms with E-state index in [0.29, 0.717) is 6.04 Å². The summed E-state index contributed by atoms with van der Waals surface area (Å²) in [5.41, 5.74) is 1.56. The van der Waals surface area contributed by atoms with Crippen LogP contribution in [0.25, 0.3) is 0 Å². The lowest BCUT2D eigenvalue weighted by Gasteiger charge is -2.25. The Bertz CT molecular complexity index is 237. The van der Waals surface area contributed by atoms with E-state index in [4.69, 9.17) is 0 Å². The molecule has 80 valence electrons. The SMILES string of the molecule is CCC1=CCCC(N(C)C(=O)I)CC1. The first-order chi connectivity index (χ1) is 6.65. The van der Waals surface area contributed by atoms with E-state index in [1.54, 1.807) is 5.57 Å². The minimum absolute atomic E-state index is 0.160. The van der Waals surface area contributed by atoms with Crippen LogP contribution in [0.4, 0.5) is 4.79 Å². The summed E-state index contributed by atoms with van der Waals surface area (Å²) < 4.78 is 0.160. The average molecular weight is 307 g/mol. The Morgan fingerprint density at radius 3 is 2.93 bits per heavy atom. The molecular formula is C11H18INO. The van der Waals surface area contributed by atoms with E-state index < -0.39 is 0 Å². The van der Waals surface area contributed by atoms with Crippen LogP contribution in [0, 0.1) is 0 Å².